The lowest BCUT2D eigenvalue weighted by atomic mass is 9.92. The first-order valence-corrected chi connectivity index (χ1v) is 9.37. The van der Waals surface area contributed by atoms with E-state index < -0.39 is 18.1 Å². The second-order valence-electron chi connectivity index (χ2n) is 6.74. The van der Waals surface area contributed by atoms with Gasteiger partial charge in [-0.15, -0.1) is 0 Å². The van der Waals surface area contributed by atoms with E-state index in [-0.39, 0.29) is 5.91 Å². The molecule has 0 spiro atoms. The Morgan fingerprint density at radius 3 is 2.35 bits per heavy atom. The minimum atomic E-state index is -1.03. The van der Waals surface area contributed by atoms with E-state index in [4.69, 9.17) is 9.47 Å². The number of methoxy groups -OCH3 is 2. The predicted octanol–water partition coefficient (Wildman–Crippen LogP) is 3.96. The Hall–Kier alpha value is -1.48. The van der Waals surface area contributed by atoms with E-state index >= 15 is 0 Å². The number of aliphatic hydroxyl groups excluding tert-OH is 1. The summed E-state index contributed by atoms with van der Waals surface area (Å²) in [6.07, 6.45) is -1.58. The molecule has 1 N–H and O–H groups in total. The maximum Gasteiger partial charge on any atom is 0.258 e. The molecule has 1 aliphatic heterocycles. The summed E-state index contributed by atoms with van der Waals surface area (Å²) in [6, 6.07) is 13.4. The van der Waals surface area contributed by atoms with Crippen LogP contribution in [0, 0.1) is 3.57 Å². The molecule has 2 aromatic rings. The quantitative estimate of drug-likeness (QED) is 0.535. The molecule has 0 saturated heterocycles. The van der Waals surface area contributed by atoms with Crippen molar-refractivity contribution >= 4 is 28.5 Å². The average molecular weight is 467 g/mol. The summed E-state index contributed by atoms with van der Waals surface area (Å²) in [6.45, 7) is 3.88. The number of carbonyl (C=O) groups is 1. The Morgan fingerprint density at radius 1 is 1.15 bits per heavy atom. The molecule has 1 heterocycles. The Labute approximate surface area is 167 Å². The Kier molecular flexibility index (Phi) is 5.39. The Morgan fingerprint density at radius 2 is 1.77 bits per heavy atom. The summed E-state index contributed by atoms with van der Waals surface area (Å²) in [7, 11) is 3.11. The molecule has 6 heteroatoms. The first-order chi connectivity index (χ1) is 12.3. The second-order valence-corrected chi connectivity index (χ2v) is 7.91. The number of fused-ring (bicyclic) bond motifs is 1. The van der Waals surface area contributed by atoms with Gasteiger partial charge in [-0.05, 0) is 54.1 Å². The smallest absolute Gasteiger partial charge is 0.258 e. The largest absolute Gasteiger partial charge is 0.369 e. The van der Waals surface area contributed by atoms with Crippen molar-refractivity contribution in [2.75, 3.05) is 14.2 Å². The molecule has 0 aliphatic carbocycles. The van der Waals surface area contributed by atoms with E-state index in [0.717, 1.165) is 14.7 Å². The minimum absolute atomic E-state index is 0.177. The van der Waals surface area contributed by atoms with E-state index in [1.165, 1.54) is 4.90 Å². The molecule has 1 aliphatic rings. The van der Waals surface area contributed by atoms with Crippen LogP contribution in [0.3, 0.4) is 0 Å². The van der Waals surface area contributed by atoms with Gasteiger partial charge in [0.25, 0.3) is 5.91 Å². The van der Waals surface area contributed by atoms with Crippen LogP contribution in [0.5, 0.6) is 0 Å². The topological polar surface area (TPSA) is 59.0 Å². The number of aliphatic hydroxyl groups is 1. The van der Waals surface area contributed by atoms with Crippen LogP contribution in [-0.2, 0) is 15.0 Å². The van der Waals surface area contributed by atoms with Crippen LogP contribution in [0.25, 0.3) is 0 Å². The SMILES string of the molecule is COC(OC)c1cc(I)c2c(c1)C(O)N(C(C)(C)c1ccccc1)C2=O. The van der Waals surface area contributed by atoms with Gasteiger partial charge in [-0.2, -0.15) is 0 Å². The van der Waals surface area contributed by atoms with Crippen LogP contribution < -0.4 is 0 Å². The van der Waals surface area contributed by atoms with E-state index in [1.54, 1.807) is 20.3 Å². The second kappa shape index (κ2) is 7.26. The lowest BCUT2D eigenvalue weighted by molar-refractivity contribution is -0.106. The average Bonchev–Trinajstić information content (AvgIpc) is 2.88. The van der Waals surface area contributed by atoms with Crippen LogP contribution in [0.15, 0.2) is 42.5 Å². The van der Waals surface area contributed by atoms with Gasteiger partial charge in [0.15, 0.2) is 12.5 Å². The third-order valence-corrected chi connectivity index (χ3v) is 5.73. The molecule has 1 amide bonds. The summed E-state index contributed by atoms with van der Waals surface area (Å²) < 4.78 is 11.4. The highest BCUT2D eigenvalue weighted by atomic mass is 127. The zero-order valence-corrected chi connectivity index (χ0v) is 17.4. The van der Waals surface area contributed by atoms with Gasteiger partial charge in [0.2, 0.25) is 0 Å². The number of halogens is 1. The number of nitrogens with zero attached hydrogens (tertiary/aromatic N) is 1. The number of ether oxygens (including phenoxy) is 2. The molecule has 2 aromatic carbocycles. The Bertz CT molecular complexity index is 818. The molecular weight excluding hydrogens is 445 g/mol. The predicted molar refractivity (Wildman–Crippen MR) is 107 cm³/mol. The first kappa shape index (κ1) is 19.3. The van der Waals surface area contributed by atoms with Crippen molar-refractivity contribution in [3.63, 3.8) is 0 Å². The first-order valence-electron chi connectivity index (χ1n) is 8.29. The fraction of sp³-hybridized carbons (Fsp3) is 0.350. The number of hydrogen-bond donors (Lipinski definition) is 1. The lowest BCUT2D eigenvalue weighted by Gasteiger charge is -2.38. The third kappa shape index (κ3) is 3.05. The zero-order valence-electron chi connectivity index (χ0n) is 15.2. The van der Waals surface area contributed by atoms with Crippen molar-refractivity contribution in [2.24, 2.45) is 0 Å². The standard InChI is InChI=1S/C20H22INO4/c1-20(2,13-8-6-5-7-9-13)22-17(23)14-10-12(19(25-3)26-4)11-15(21)16(14)18(22)24/h5-11,17,19,23H,1-4H3. The minimum Gasteiger partial charge on any atom is -0.369 e. The molecule has 0 fully saturated rings. The van der Waals surface area contributed by atoms with Gasteiger partial charge >= 0.3 is 0 Å². The number of benzene rings is 2. The van der Waals surface area contributed by atoms with E-state index in [2.05, 4.69) is 22.6 Å². The van der Waals surface area contributed by atoms with Gasteiger partial charge in [0.05, 0.1) is 11.1 Å². The van der Waals surface area contributed by atoms with Crippen LogP contribution in [-0.4, -0.2) is 30.1 Å². The molecule has 26 heavy (non-hydrogen) atoms. The normalized spacial score (nSPS) is 17.1. The maximum atomic E-state index is 13.2. The van der Waals surface area contributed by atoms with E-state index in [0.29, 0.717) is 11.1 Å². The van der Waals surface area contributed by atoms with Crippen molar-refractivity contribution in [3.8, 4) is 0 Å². The fourth-order valence-electron chi connectivity index (χ4n) is 3.50. The highest BCUT2D eigenvalue weighted by Gasteiger charge is 2.45. The van der Waals surface area contributed by atoms with Crippen molar-refractivity contribution < 1.29 is 19.4 Å². The molecule has 1 unspecified atom stereocenters. The fourth-order valence-corrected chi connectivity index (χ4v) is 4.40. The Balaban J connectivity index is 2.08. The molecule has 0 saturated carbocycles. The van der Waals surface area contributed by atoms with Crippen molar-refractivity contribution in [3.05, 3.63) is 68.3 Å². The summed E-state index contributed by atoms with van der Waals surface area (Å²) in [4.78, 5) is 14.7. The van der Waals surface area contributed by atoms with Crippen LogP contribution in [0.4, 0.5) is 0 Å². The van der Waals surface area contributed by atoms with Crippen LogP contribution in [0.1, 0.15) is 53.4 Å². The molecular formula is C20H22INO4. The maximum absolute atomic E-state index is 13.2. The van der Waals surface area contributed by atoms with E-state index in [9.17, 15) is 9.90 Å². The number of hydrogen-bond acceptors (Lipinski definition) is 4. The van der Waals surface area contributed by atoms with Gasteiger partial charge in [-0.3, -0.25) is 9.69 Å². The summed E-state index contributed by atoms with van der Waals surface area (Å²) in [5.74, 6) is -0.177. The summed E-state index contributed by atoms with van der Waals surface area (Å²) in [5.41, 5.74) is 2.19. The molecule has 3 rings (SSSR count). The van der Waals surface area contributed by atoms with Crippen molar-refractivity contribution in [1.29, 1.82) is 0 Å². The molecule has 0 radical (unpaired) electrons. The third-order valence-electron chi connectivity index (χ3n) is 4.88. The highest BCUT2D eigenvalue weighted by Crippen LogP contribution is 2.44. The molecule has 138 valence electrons. The monoisotopic (exact) mass is 467 g/mol. The molecule has 5 nitrogen and oxygen atoms in total. The van der Waals surface area contributed by atoms with Crippen molar-refractivity contribution in [2.45, 2.75) is 31.9 Å². The summed E-state index contributed by atoms with van der Waals surface area (Å²) >= 11 is 2.13. The number of amides is 1. The molecule has 1 atom stereocenters. The van der Waals surface area contributed by atoms with Gasteiger partial charge in [-0.1, -0.05) is 30.3 Å². The zero-order chi connectivity index (χ0) is 19.1. The number of carbonyl (C=O) groups excluding carboxylic acids is 1. The lowest BCUT2D eigenvalue weighted by Crippen LogP contribution is -2.44. The molecule has 0 aromatic heterocycles. The highest BCUT2D eigenvalue weighted by molar-refractivity contribution is 14.1. The molecule has 0 bridgehead atoms. The number of rotatable bonds is 5. The van der Waals surface area contributed by atoms with Crippen LogP contribution >= 0.6 is 22.6 Å². The van der Waals surface area contributed by atoms with Gasteiger partial charge < -0.3 is 14.6 Å². The van der Waals surface area contributed by atoms with Gasteiger partial charge in [0.1, 0.15) is 0 Å². The van der Waals surface area contributed by atoms with Gasteiger partial charge in [-0.25, -0.2) is 0 Å². The van der Waals surface area contributed by atoms with Crippen molar-refractivity contribution in [1.82, 2.24) is 4.90 Å². The van der Waals surface area contributed by atoms with Crippen LogP contribution in [0.2, 0.25) is 0 Å². The van der Waals surface area contributed by atoms with Gasteiger partial charge in [0, 0.05) is 28.9 Å². The van der Waals surface area contributed by atoms with E-state index in [1.807, 2.05) is 50.2 Å². The summed E-state index contributed by atoms with van der Waals surface area (Å²) in [5, 5.41) is 11.0.